The van der Waals surface area contributed by atoms with Crippen molar-refractivity contribution in [1.82, 2.24) is 10.3 Å². The molecule has 0 saturated carbocycles. The van der Waals surface area contributed by atoms with E-state index in [1.807, 2.05) is 18.3 Å². The molecule has 2 rings (SSSR count). The SMILES string of the molecule is C=CCC(C)NC1CCCc2cccnc21. The zero-order chi connectivity index (χ0) is 11.4. The van der Waals surface area contributed by atoms with E-state index in [1.165, 1.54) is 30.5 Å². The molecule has 1 heterocycles. The van der Waals surface area contributed by atoms with Crippen LogP contribution in [-0.2, 0) is 6.42 Å². The summed E-state index contributed by atoms with van der Waals surface area (Å²) in [5, 5.41) is 3.64. The number of fused-ring (bicyclic) bond motifs is 1. The van der Waals surface area contributed by atoms with E-state index >= 15 is 0 Å². The molecule has 0 aliphatic heterocycles. The fourth-order valence-corrected chi connectivity index (χ4v) is 2.43. The first kappa shape index (κ1) is 11.3. The second-order valence-corrected chi connectivity index (χ2v) is 4.58. The summed E-state index contributed by atoms with van der Waals surface area (Å²) < 4.78 is 0. The van der Waals surface area contributed by atoms with Crippen LogP contribution in [-0.4, -0.2) is 11.0 Å². The average molecular weight is 216 g/mol. The maximum atomic E-state index is 4.53. The van der Waals surface area contributed by atoms with Crippen LogP contribution in [0.5, 0.6) is 0 Å². The molecule has 2 atom stereocenters. The lowest BCUT2D eigenvalue weighted by Gasteiger charge is -2.27. The van der Waals surface area contributed by atoms with Gasteiger partial charge in [-0.25, -0.2) is 0 Å². The van der Waals surface area contributed by atoms with Crippen molar-refractivity contribution in [3.05, 3.63) is 42.2 Å². The van der Waals surface area contributed by atoms with Crippen molar-refractivity contribution >= 4 is 0 Å². The maximum Gasteiger partial charge on any atom is 0.0605 e. The summed E-state index contributed by atoms with van der Waals surface area (Å²) in [6, 6.07) is 5.15. The highest BCUT2D eigenvalue weighted by Crippen LogP contribution is 2.28. The Kier molecular flexibility index (Phi) is 3.73. The first-order valence-electron chi connectivity index (χ1n) is 6.12. The van der Waals surface area contributed by atoms with Gasteiger partial charge in [0.2, 0.25) is 0 Å². The highest BCUT2D eigenvalue weighted by Gasteiger charge is 2.21. The summed E-state index contributed by atoms with van der Waals surface area (Å²) in [5.74, 6) is 0. The van der Waals surface area contributed by atoms with E-state index in [1.54, 1.807) is 0 Å². The smallest absolute Gasteiger partial charge is 0.0605 e. The molecular weight excluding hydrogens is 196 g/mol. The van der Waals surface area contributed by atoms with Crippen LogP contribution < -0.4 is 5.32 Å². The van der Waals surface area contributed by atoms with Gasteiger partial charge in [-0.2, -0.15) is 0 Å². The Bertz CT molecular complexity index is 360. The molecule has 2 nitrogen and oxygen atoms in total. The second kappa shape index (κ2) is 5.26. The molecule has 0 fully saturated rings. The van der Waals surface area contributed by atoms with Crippen LogP contribution >= 0.6 is 0 Å². The van der Waals surface area contributed by atoms with Crippen LogP contribution in [0.25, 0.3) is 0 Å². The van der Waals surface area contributed by atoms with Crippen molar-refractivity contribution in [3.63, 3.8) is 0 Å². The molecule has 0 bridgehead atoms. The van der Waals surface area contributed by atoms with Gasteiger partial charge in [-0.15, -0.1) is 6.58 Å². The Morgan fingerprint density at radius 1 is 1.69 bits per heavy atom. The van der Waals surface area contributed by atoms with Crippen molar-refractivity contribution < 1.29 is 0 Å². The summed E-state index contributed by atoms with van der Waals surface area (Å²) in [5.41, 5.74) is 2.67. The first-order valence-corrected chi connectivity index (χ1v) is 6.12. The molecular formula is C14H20N2. The van der Waals surface area contributed by atoms with Gasteiger partial charge in [-0.1, -0.05) is 12.1 Å². The topological polar surface area (TPSA) is 24.9 Å². The Balaban J connectivity index is 2.09. The molecule has 1 aliphatic rings. The van der Waals surface area contributed by atoms with Crippen LogP contribution in [0.3, 0.4) is 0 Å². The molecule has 1 aromatic heterocycles. The van der Waals surface area contributed by atoms with Crippen molar-refractivity contribution in [2.75, 3.05) is 0 Å². The molecule has 2 unspecified atom stereocenters. The molecule has 0 amide bonds. The largest absolute Gasteiger partial charge is 0.306 e. The fourth-order valence-electron chi connectivity index (χ4n) is 2.43. The minimum absolute atomic E-state index is 0.430. The lowest BCUT2D eigenvalue weighted by atomic mass is 9.91. The Hall–Kier alpha value is -1.15. The molecule has 1 N–H and O–H groups in total. The van der Waals surface area contributed by atoms with Crippen molar-refractivity contribution in [3.8, 4) is 0 Å². The normalized spacial score (nSPS) is 21.2. The fraction of sp³-hybridized carbons (Fsp3) is 0.500. The molecule has 86 valence electrons. The average Bonchev–Trinajstić information content (AvgIpc) is 2.30. The van der Waals surface area contributed by atoms with E-state index in [0.717, 1.165) is 6.42 Å². The molecule has 0 aromatic carbocycles. The molecule has 2 heteroatoms. The van der Waals surface area contributed by atoms with Gasteiger partial charge in [0, 0.05) is 18.3 Å². The van der Waals surface area contributed by atoms with Crippen molar-refractivity contribution in [2.24, 2.45) is 0 Å². The number of aromatic nitrogens is 1. The highest BCUT2D eigenvalue weighted by molar-refractivity contribution is 5.25. The number of nitrogens with zero attached hydrogens (tertiary/aromatic N) is 1. The van der Waals surface area contributed by atoms with Crippen LogP contribution in [0.2, 0.25) is 0 Å². The van der Waals surface area contributed by atoms with E-state index in [0.29, 0.717) is 12.1 Å². The molecule has 0 saturated heterocycles. The summed E-state index contributed by atoms with van der Waals surface area (Å²) in [6.45, 7) is 5.99. The second-order valence-electron chi connectivity index (χ2n) is 4.58. The van der Waals surface area contributed by atoms with Gasteiger partial charge in [-0.3, -0.25) is 4.98 Å². The first-order chi connectivity index (χ1) is 7.81. The Labute approximate surface area is 97.8 Å². The van der Waals surface area contributed by atoms with E-state index in [2.05, 4.69) is 29.9 Å². The standard InChI is InChI=1S/C14H20N2/c1-3-6-11(2)16-13-9-4-7-12-8-5-10-15-14(12)13/h3,5,8,10-11,13,16H,1,4,6-7,9H2,2H3. The van der Waals surface area contributed by atoms with E-state index in [-0.39, 0.29) is 0 Å². The number of nitrogens with one attached hydrogen (secondary N) is 1. The monoisotopic (exact) mass is 216 g/mol. The van der Waals surface area contributed by atoms with Gasteiger partial charge in [0.25, 0.3) is 0 Å². The van der Waals surface area contributed by atoms with E-state index in [4.69, 9.17) is 0 Å². The van der Waals surface area contributed by atoms with Crippen LogP contribution in [0.4, 0.5) is 0 Å². The molecule has 16 heavy (non-hydrogen) atoms. The summed E-state index contributed by atoms with van der Waals surface area (Å²) in [4.78, 5) is 4.53. The predicted octanol–water partition coefficient (Wildman–Crippen LogP) is 3.01. The van der Waals surface area contributed by atoms with Gasteiger partial charge in [0.05, 0.1) is 5.69 Å². The number of pyridine rings is 1. The molecule has 1 aliphatic carbocycles. The quantitative estimate of drug-likeness (QED) is 0.783. The van der Waals surface area contributed by atoms with Gasteiger partial charge >= 0.3 is 0 Å². The molecule has 1 aromatic rings. The minimum atomic E-state index is 0.430. The minimum Gasteiger partial charge on any atom is -0.306 e. The third kappa shape index (κ3) is 2.50. The van der Waals surface area contributed by atoms with Crippen LogP contribution in [0, 0.1) is 0 Å². The van der Waals surface area contributed by atoms with Crippen LogP contribution in [0.1, 0.15) is 43.5 Å². The number of hydrogen-bond donors (Lipinski definition) is 1. The van der Waals surface area contributed by atoms with Gasteiger partial charge < -0.3 is 5.32 Å². The Morgan fingerprint density at radius 2 is 2.56 bits per heavy atom. The zero-order valence-electron chi connectivity index (χ0n) is 9.95. The third-order valence-corrected chi connectivity index (χ3v) is 3.20. The summed E-state index contributed by atoms with van der Waals surface area (Å²) >= 11 is 0. The van der Waals surface area contributed by atoms with Gasteiger partial charge in [0.15, 0.2) is 0 Å². The predicted molar refractivity (Wildman–Crippen MR) is 67.3 cm³/mol. The summed E-state index contributed by atoms with van der Waals surface area (Å²) in [6.07, 6.45) is 8.52. The summed E-state index contributed by atoms with van der Waals surface area (Å²) in [7, 11) is 0. The molecule has 0 spiro atoms. The highest BCUT2D eigenvalue weighted by atomic mass is 15.0. The van der Waals surface area contributed by atoms with Gasteiger partial charge in [-0.05, 0) is 44.2 Å². The zero-order valence-corrected chi connectivity index (χ0v) is 9.95. The van der Waals surface area contributed by atoms with Crippen molar-refractivity contribution in [2.45, 2.75) is 44.7 Å². The Morgan fingerprint density at radius 3 is 3.38 bits per heavy atom. The van der Waals surface area contributed by atoms with E-state index in [9.17, 15) is 0 Å². The number of aryl methyl sites for hydroxylation is 1. The van der Waals surface area contributed by atoms with E-state index < -0.39 is 0 Å². The number of hydrogen-bond acceptors (Lipinski definition) is 2. The molecule has 0 radical (unpaired) electrons. The van der Waals surface area contributed by atoms with Crippen molar-refractivity contribution in [1.29, 1.82) is 0 Å². The van der Waals surface area contributed by atoms with Gasteiger partial charge in [0.1, 0.15) is 0 Å². The lowest BCUT2D eigenvalue weighted by molar-refractivity contribution is 0.401. The van der Waals surface area contributed by atoms with Crippen LogP contribution in [0.15, 0.2) is 31.0 Å². The third-order valence-electron chi connectivity index (χ3n) is 3.20. The maximum absolute atomic E-state index is 4.53. The number of rotatable bonds is 4. The lowest BCUT2D eigenvalue weighted by Crippen LogP contribution is -2.33.